The second kappa shape index (κ2) is 6.37. The van der Waals surface area contributed by atoms with Crippen LogP contribution in [-0.2, 0) is 14.6 Å². The van der Waals surface area contributed by atoms with Gasteiger partial charge in [-0.15, -0.1) is 0 Å². The minimum atomic E-state index is -2.91. The average molecular weight is 223 g/mol. The van der Waals surface area contributed by atoms with Crippen LogP contribution in [0.2, 0.25) is 0 Å². The molecule has 0 aliphatic heterocycles. The van der Waals surface area contributed by atoms with Crippen molar-refractivity contribution >= 4 is 9.84 Å². The van der Waals surface area contributed by atoms with E-state index in [0.717, 1.165) is 0 Å². The van der Waals surface area contributed by atoms with Crippen LogP contribution in [0.1, 0.15) is 26.7 Å². The quantitative estimate of drug-likeness (QED) is 0.685. The maximum atomic E-state index is 11.4. The van der Waals surface area contributed by atoms with Gasteiger partial charge in [-0.25, -0.2) is 8.42 Å². The van der Waals surface area contributed by atoms with E-state index in [4.69, 9.17) is 10.5 Å². The van der Waals surface area contributed by atoms with Crippen molar-refractivity contribution in [3.05, 3.63) is 0 Å². The monoisotopic (exact) mass is 223 g/mol. The summed E-state index contributed by atoms with van der Waals surface area (Å²) < 4.78 is 27.7. The normalized spacial score (nSPS) is 14.6. The van der Waals surface area contributed by atoms with E-state index in [0.29, 0.717) is 19.4 Å². The molecule has 0 saturated heterocycles. The predicted octanol–water partition coefficient (Wildman–Crippen LogP) is 0.563. The molecule has 0 aromatic rings. The van der Waals surface area contributed by atoms with E-state index >= 15 is 0 Å². The van der Waals surface area contributed by atoms with Crippen LogP contribution in [0.3, 0.4) is 0 Å². The molecule has 0 saturated carbocycles. The van der Waals surface area contributed by atoms with E-state index < -0.39 is 9.84 Å². The highest BCUT2D eigenvalue weighted by atomic mass is 32.2. The van der Waals surface area contributed by atoms with Crippen LogP contribution in [-0.4, -0.2) is 39.2 Å². The summed E-state index contributed by atoms with van der Waals surface area (Å²) in [5, 5.41) is -0.291. The van der Waals surface area contributed by atoms with Gasteiger partial charge < -0.3 is 10.5 Å². The fraction of sp³-hybridized carbons (Fsp3) is 1.00. The summed E-state index contributed by atoms with van der Waals surface area (Å²) in [5.41, 5.74) is 5.67. The minimum Gasteiger partial charge on any atom is -0.383 e. The Hall–Kier alpha value is -0.130. The number of rotatable bonds is 7. The average Bonchev–Trinajstić information content (AvgIpc) is 2.04. The summed E-state index contributed by atoms with van der Waals surface area (Å²) in [6.07, 6.45) is 1.31. The summed E-state index contributed by atoms with van der Waals surface area (Å²) in [6.45, 7) is 3.89. The number of hydrogen-bond acceptors (Lipinski definition) is 4. The number of sulfone groups is 1. The van der Waals surface area contributed by atoms with E-state index in [-0.39, 0.29) is 17.0 Å². The molecule has 0 rings (SSSR count). The Labute approximate surface area is 86.7 Å². The molecular weight excluding hydrogens is 202 g/mol. The highest BCUT2D eigenvalue weighted by molar-refractivity contribution is 7.91. The zero-order chi connectivity index (χ0) is 11.2. The van der Waals surface area contributed by atoms with Crippen molar-refractivity contribution in [2.75, 3.05) is 19.5 Å². The Morgan fingerprint density at radius 3 is 2.36 bits per heavy atom. The first-order valence-corrected chi connectivity index (χ1v) is 6.57. The summed E-state index contributed by atoms with van der Waals surface area (Å²) in [5.74, 6) is 0.224. The van der Waals surface area contributed by atoms with Gasteiger partial charge in [0.15, 0.2) is 9.84 Å². The SMILES string of the molecule is COCC(N)CCCS(=O)(=O)C(C)C. The zero-order valence-electron chi connectivity index (χ0n) is 9.19. The summed E-state index contributed by atoms with van der Waals surface area (Å²) in [6, 6.07) is -0.0534. The van der Waals surface area contributed by atoms with Crippen LogP contribution >= 0.6 is 0 Å². The van der Waals surface area contributed by atoms with Gasteiger partial charge in [0.2, 0.25) is 0 Å². The molecule has 14 heavy (non-hydrogen) atoms. The molecule has 0 fully saturated rings. The third-order valence-corrected chi connectivity index (χ3v) is 4.40. The molecule has 1 atom stereocenters. The van der Waals surface area contributed by atoms with Gasteiger partial charge in [0.05, 0.1) is 17.6 Å². The summed E-state index contributed by atoms with van der Waals surface area (Å²) in [4.78, 5) is 0. The van der Waals surface area contributed by atoms with Crippen LogP contribution in [0.4, 0.5) is 0 Å². The van der Waals surface area contributed by atoms with E-state index in [1.54, 1.807) is 21.0 Å². The van der Waals surface area contributed by atoms with Crippen molar-refractivity contribution in [1.29, 1.82) is 0 Å². The van der Waals surface area contributed by atoms with Crippen molar-refractivity contribution < 1.29 is 13.2 Å². The van der Waals surface area contributed by atoms with E-state index in [2.05, 4.69) is 0 Å². The van der Waals surface area contributed by atoms with Gasteiger partial charge >= 0.3 is 0 Å². The molecule has 0 bridgehead atoms. The van der Waals surface area contributed by atoms with Crippen LogP contribution in [0.5, 0.6) is 0 Å². The molecule has 0 amide bonds. The lowest BCUT2D eigenvalue weighted by Crippen LogP contribution is -2.27. The molecule has 5 heteroatoms. The molecule has 0 radical (unpaired) electrons. The first-order chi connectivity index (χ1) is 6.40. The smallest absolute Gasteiger partial charge is 0.152 e. The Bertz CT molecular complexity index is 236. The molecule has 2 N–H and O–H groups in total. The van der Waals surface area contributed by atoms with Gasteiger partial charge in [0.1, 0.15) is 0 Å². The highest BCUT2D eigenvalue weighted by Crippen LogP contribution is 2.05. The fourth-order valence-electron chi connectivity index (χ4n) is 1.08. The van der Waals surface area contributed by atoms with Crippen LogP contribution < -0.4 is 5.73 Å². The topological polar surface area (TPSA) is 69.4 Å². The van der Waals surface area contributed by atoms with Gasteiger partial charge in [0, 0.05) is 13.2 Å². The maximum absolute atomic E-state index is 11.4. The van der Waals surface area contributed by atoms with Crippen LogP contribution in [0.15, 0.2) is 0 Å². The molecular formula is C9H21NO3S. The number of hydrogen-bond donors (Lipinski definition) is 1. The third-order valence-electron chi connectivity index (χ3n) is 2.10. The lowest BCUT2D eigenvalue weighted by molar-refractivity contribution is 0.177. The molecule has 86 valence electrons. The maximum Gasteiger partial charge on any atom is 0.152 e. The van der Waals surface area contributed by atoms with Crippen molar-refractivity contribution in [3.63, 3.8) is 0 Å². The van der Waals surface area contributed by atoms with Gasteiger partial charge in [0.25, 0.3) is 0 Å². The number of methoxy groups -OCH3 is 1. The third kappa shape index (κ3) is 5.57. The molecule has 0 heterocycles. The van der Waals surface area contributed by atoms with E-state index in [1.807, 2.05) is 0 Å². The lowest BCUT2D eigenvalue weighted by atomic mass is 10.2. The zero-order valence-corrected chi connectivity index (χ0v) is 10.0. The second-order valence-electron chi connectivity index (χ2n) is 3.77. The predicted molar refractivity (Wildman–Crippen MR) is 58.0 cm³/mol. The molecule has 4 nitrogen and oxygen atoms in total. The molecule has 0 aromatic heterocycles. The van der Waals surface area contributed by atoms with Crippen LogP contribution in [0.25, 0.3) is 0 Å². The Kier molecular flexibility index (Phi) is 6.31. The van der Waals surface area contributed by atoms with Crippen molar-refractivity contribution in [3.8, 4) is 0 Å². The summed E-state index contributed by atoms with van der Waals surface area (Å²) >= 11 is 0. The standard InChI is InChI=1S/C9H21NO3S/c1-8(2)14(11,12)6-4-5-9(10)7-13-3/h8-9H,4-7,10H2,1-3H3. The highest BCUT2D eigenvalue weighted by Gasteiger charge is 2.15. The van der Waals surface area contributed by atoms with Gasteiger partial charge in [-0.3, -0.25) is 0 Å². The first kappa shape index (κ1) is 13.9. The Morgan fingerprint density at radius 1 is 1.36 bits per heavy atom. The Balaban J connectivity index is 3.74. The summed E-state index contributed by atoms with van der Waals surface area (Å²) in [7, 11) is -1.32. The number of nitrogens with two attached hydrogens (primary N) is 1. The molecule has 0 aliphatic carbocycles. The molecule has 0 aromatic carbocycles. The second-order valence-corrected chi connectivity index (χ2v) is 6.45. The Morgan fingerprint density at radius 2 is 1.93 bits per heavy atom. The van der Waals surface area contributed by atoms with E-state index in [1.165, 1.54) is 0 Å². The van der Waals surface area contributed by atoms with E-state index in [9.17, 15) is 8.42 Å². The molecule has 0 spiro atoms. The van der Waals surface area contributed by atoms with Gasteiger partial charge in [-0.05, 0) is 26.7 Å². The van der Waals surface area contributed by atoms with Crippen molar-refractivity contribution in [2.24, 2.45) is 5.73 Å². The van der Waals surface area contributed by atoms with Crippen LogP contribution in [0, 0.1) is 0 Å². The first-order valence-electron chi connectivity index (χ1n) is 4.86. The van der Waals surface area contributed by atoms with Crippen molar-refractivity contribution in [1.82, 2.24) is 0 Å². The minimum absolute atomic E-state index is 0.0534. The molecule has 1 unspecified atom stereocenters. The fourth-order valence-corrected chi connectivity index (χ4v) is 2.12. The van der Waals surface area contributed by atoms with Crippen molar-refractivity contribution in [2.45, 2.75) is 38.0 Å². The van der Waals surface area contributed by atoms with Gasteiger partial charge in [-0.2, -0.15) is 0 Å². The number of ether oxygens (including phenoxy) is 1. The largest absolute Gasteiger partial charge is 0.383 e. The molecule has 0 aliphatic rings. The lowest BCUT2D eigenvalue weighted by Gasteiger charge is -2.11. The van der Waals surface area contributed by atoms with Gasteiger partial charge in [-0.1, -0.05) is 0 Å².